The highest BCUT2D eigenvalue weighted by atomic mass is 28.3. The molecule has 2 N–H and O–H groups in total. The van der Waals surface area contributed by atoms with E-state index in [2.05, 4.69) is 30.5 Å². The molecule has 0 aromatic heterocycles. The first-order valence-electron chi connectivity index (χ1n) is 4.03. The fourth-order valence-corrected chi connectivity index (χ4v) is 1.33. The van der Waals surface area contributed by atoms with Gasteiger partial charge in [0.25, 0.3) is 0 Å². The van der Waals surface area contributed by atoms with Gasteiger partial charge in [-0.2, -0.15) is 0 Å². The summed E-state index contributed by atoms with van der Waals surface area (Å²) >= 11 is 0. The number of hydrogen-bond acceptors (Lipinski definition) is 3. The zero-order valence-electron chi connectivity index (χ0n) is 8.03. The van der Waals surface area contributed by atoms with Crippen molar-refractivity contribution in [1.29, 1.82) is 0 Å². The second-order valence-corrected chi connectivity index (χ2v) is 9.41. The van der Waals surface area contributed by atoms with Gasteiger partial charge in [0.1, 0.15) is 6.73 Å². The van der Waals surface area contributed by atoms with E-state index in [-0.39, 0.29) is 0 Å². The first-order valence-corrected chi connectivity index (χ1v) is 7.74. The summed E-state index contributed by atoms with van der Waals surface area (Å²) < 4.78 is 5.31. The molecule has 0 radical (unpaired) electrons. The van der Waals surface area contributed by atoms with E-state index in [0.29, 0.717) is 6.73 Å². The second kappa shape index (κ2) is 5.71. The molecule has 11 heavy (non-hydrogen) atoms. The SMILES string of the molecule is CNNCOCC[Si](C)(C)C. The number of nitrogens with one attached hydrogen (secondary N) is 2. The number of hydrazine groups is 1. The van der Waals surface area contributed by atoms with Gasteiger partial charge in [-0.25, -0.2) is 5.43 Å². The zero-order valence-corrected chi connectivity index (χ0v) is 9.03. The third-order valence-electron chi connectivity index (χ3n) is 1.35. The monoisotopic (exact) mass is 176 g/mol. The maximum Gasteiger partial charge on any atom is 0.109 e. The lowest BCUT2D eigenvalue weighted by Gasteiger charge is -2.15. The fraction of sp³-hybridized carbons (Fsp3) is 1.00. The van der Waals surface area contributed by atoms with E-state index in [9.17, 15) is 0 Å². The van der Waals surface area contributed by atoms with Crippen molar-refractivity contribution in [2.24, 2.45) is 0 Å². The van der Waals surface area contributed by atoms with Crippen molar-refractivity contribution < 1.29 is 4.74 Å². The first kappa shape index (κ1) is 11.1. The molecule has 0 aromatic rings. The summed E-state index contributed by atoms with van der Waals surface area (Å²) in [7, 11) is 0.945. The van der Waals surface area contributed by atoms with Crippen molar-refractivity contribution in [2.45, 2.75) is 25.7 Å². The average molecular weight is 176 g/mol. The first-order chi connectivity index (χ1) is 5.06. The molecular weight excluding hydrogens is 156 g/mol. The normalized spacial score (nSPS) is 12.0. The van der Waals surface area contributed by atoms with Crippen molar-refractivity contribution >= 4 is 8.07 Å². The molecule has 3 nitrogen and oxygen atoms in total. The molecule has 4 heteroatoms. The molecule has 0 amide bonds. The minimum absolute atomic E-state index is 0.598. The van der Waals surface area contributed by atoms with Crippen LogP contribution in [0.1, 0.15) is 0 Å². The van der Waals surface area contributed by atoms with Crippen molar-refractivity contribution in [1.82, 2.24) is 10.9 Å². The van der Waals surface area contributed by atoms with Crippen LogP contribution in [0, 0.1) is 0 Å². The summed E-state index contributed by atoms with van der Waals surface area (Å²) in [6.45, 7) is 8.52. The average Bonchev–Trinajstić information content (AvgIpc) is 1.85. The summed E-state index contributed by atoms with van der Waals surface area (Å²) in [4.78, 5) is 0. The van der Waals surface area contributed by atoms with Gasteiger partial charge in [-0.05, 0) is 13.1 Å². The molecule has 0 aliphatic rings. The zero-order chi connectivity index (χ0) is 8.74. The topological polar surface area (TPSA) is 33.3 Å². The lowest BCUT2D eigenvalue weighted by Crippen LogP contribution is -2.31. The van der Waals surface area contributed by atoms with Crippen molar-refractivity contribution in [3.63, 3.8) is 0 Å². The number of hydrogen-bond donors (Lipinski definition) is 2. The van der Waals surface area contributed by atoms with Crippen molar-refractivity contribution in [3.05, 3.63) is 0 Å². The maximum atomic E-state index is 5.31. The highest BCUT2D eigenvalue weighted by Gasteiger charge is 2.11. The molecule has 0 atom stereocenters. The van der Waals surface area contributed by atoms with E-state index >= 15 is 0 Å². The van der Waals surface area contributed by atoms with Gasteiger partial charge in [0.2, 0.25) is 0 Å². The number of ether oxygens (including phenoxy) is 1. The smallest absolute Gasteiger partial charge is 0.109 e. The van der Waals surface area contributed by atoms with Crippen LogP contribution in [0.25, 0.3) is 0 Å². The molecule has 0 bridgehead atoms. The van der Waals surface area contributed by atoms with E-state index in [0.717, 1.165) is 6.61 Å². The fourth-order valence-electron chi connectivity index (χ4n) is 0.574. The Morgan fingerprint density at radius 2 is 1.91 bits per heavy atom. The molecule has 68 valence electrons. The molecular formula is C7H20N2OSi. The molecule has 0 heterocycles. The third-order valence-corrected chi connectivity index (χ3v) is 3.05. The Kier molecular flexibility index (Phi) is 5.76. The molecule has 0 saturated carbocycles. The van der Waals surface area contributed by atoms with E-state index in [4.69, 9.17) is 4.74 Å². The lowest BCUT2D eigenvalue weighted by atomic mass is 10.8. The van der Waals surface area contributed by atoms with E-state index in [1.807, 2.05) is 7.05 Å². The molecule has 0 spiro atoms. The minimum Gasteiger partial charge on any atom is -0.365 e. The molecule has 0 aromatic carbocycles. The summed E-state index contributed by atoms with van der Waals surface area (Å²) in [6.07, 6.45) is 0. The van der Waals surface area contributed by atoms with Gasteiger partial charge < -0.3 is 4.74 Å². The highest BCUT2D eigenvalue weighted by Crippen LogP contribution is 2.06. The van der Waals surface area contributed by atoms with Gasteiger partial charge in [0, 0.05) is 14.7 Å². The van der Waals surface area contributed by atoms with Crippen LogP contribution in [-0.2, 0) is 4.74 Å². The largest absolute Gasteiger partial charge is 0.365 e. The standard InChI is InChI=1S/C7H20N2OSi/c1-8-9-7-10-5-6-11(2,3)4/h8-9H,5-7H2,1-4H3. The molecule has 0 unspecified atom stereocenters. The summed E-state index contributed by atoms with van der Waals surface area (Å²) in [6, 6.07) is 1.23. The number of rotatable bonds is 6. The molecule has 0 aliphatic carbocycles. The Morgan fingerprint density at radius 1 is 1.27 bits per heavy atom. The Labute approximate surface area is 70.5 Å². The van der Waals surface area contributed by atoms with Crippen LogP contribution >= 0.6 is 0 Å². The van der Waals surface area contributed by atoms with Crippen LogP contribution in [-0.4, -0.2) is 28.5 Å². The third kappa shape index (κ3) is 10.1. The molecule has 0 aliphatic heterocycles. The summed E-state index contributed by atoms with van der Waals surface area (Å²) in [5, 5.41) is 0. The van der Waals surface area contributed by atoms with Gasteiger partial charge in [-0.1, -0.05) is 19.6 Å². The van der Waals surface area contributed by atoms with Crippen LogP contribution in [0.2, 0.25) is 25.7 Å². The van der Waals surface area contributed by atoms with E-state index in [1.54, 1.807) is 0 Å². The van der Waals surface area contributed by atoms with Crippen LogP contribution in [0.5, 0.6) is 0 Å². The van der Waals surface area contributed by atoms with E-state index in [1.165, 1.54) is 6.04 Å². The predicted octanol–water partition coefficient (Wildman–Crippen LogP) is 1.02. The van der Waals surface area contributed by atoms with Crippen LogP contribution in [0.15, 0.2) is 0 Å². The summed E-state index contributed by atoms with van der Waals surface area (Å²) in [5.74, 6) is 0. The molecule has 0 rings (SSSR count). The van der Waals surface area contributed by atoms with Gasteiger partial charge >= 0.3 is 0 Å². The van der Waals surface area contributed by atoms with Crippen LogP contribution in [0.4, 0.5) is 0 Å². The molecule has 0 fully saturated rings. The maximum absolute atomic E-state index is 5.31. The predicted molar refractivity (Wildman–Crippen MR) is 51.2 cm³/mol. The van der Waals surface area contributed by atoms with Gasteiger partial charge in [0.15, 0.2) is 0 Å². The van der Waals surface area contributed by atoms with Crippen molar-refractivity contribution in [2.75, 3.05) is 20.4 Å². The second-order valence-electron chi connectivity index (χ2n) is 3.79. The van der Waals surface area contributed by atoms with Gasteiger partial charge in [-0.15, -0.1) is 0 Å². The Morgan fingerprint density at radius 3 is 2.36 bits per heavy atom. The van der Waals surface area contributed by atoms with Crippen molar-refractivity contribution in [3.8, 4) is 0 Å². The summed E-state index contributed by atoms with van der Waals surface area (Å²) in [5.41, 5.74) is 5.68. The lowest BCUT2D eigenvalue weighted by molar-refractivity contribution is 0.120. The van der Waals surface area contributed by atoms with Gasteiger partial charge in [-0.3, -0.25) is 5.43 Å². The highest BCUT2D eigenvalue weighted by molar-refractivity contribution is 6.76. The Bertz CT molecular complexity index is 92.9. The van der Waals surface area contributed by atoms with Crippen LogP contribution in [0.3, 0.4) is 0 Å². The Hall–Kier alpha value is 0.0969. The van der Waals surface area contributed by atoms with E-state index < -0.39 is 8.07 Å². The van der Waals surface area contributed by atoms with Crippen LogP contribution < -0.4 is 10.9 Å². The minimum atomic E-state index is -0.891. The molecule has 0 saturated heterocycles. The quantitative estimate of drug-likeness (QED) is 0.274. The van der Waals surface area contributed by atoms with Gasteiger partial charge in [0.05, 0.1) is 0 Å². The Balaban J connectivity index is 3.02.